The molecule has 34 heavy (non-hydrogen) atoms. The summed E-state index contributed by atoms with van der Waals surface area (Å²) in [7, 11) is 0. The molecule has 3 aromatic rings. The molecule has 2 saturated heterocycles. The first-order valence-electron chi connectivity index (χ1n) is 11.8. The van der Waals surface area contributed by atoms with Crippen LogP contribution in [-0.4, -0.2) is 67.6 Å². The van der Waals surface area contributed by atoms with Crippen molar-refractivity contribution in [2.45, 2.75) is 20.3 Å². The van der Waals surface area contributed by atoms with Crippen LogP contribution in [0.3, 0.4) is 0 Å². The molecule has 3 heterocycles. The van der Waals surface area contributed by atoms with Gasteiger partial charge < -0.3 is 9.64 Å². The van der Waals surface area contributed by atoms with Gasteiger partial charge in [0, 0.05) is 44.8 Å². The highest BCUT2D eigenvalue weighted by molar-refractivity contribution is 7.22. The third-order valence-electron chi connectivity index (χ3n) is 6.78. The summed E-state index contributed by atoms with van der Waals surface area (Å²) in [4.78, 5) is 37.3. The zero-order valence-corrected chi connectivity index (χ0v) is 20.5. The Kier molecular flexibility index (Phi) is 6.63. The van der Waals surface area contributed by atoms with Crippen LogP contribution in [0, 0.1) is 19.8 Å². The molecule has 2 aliphatic rings. The van der Waals surface area contributed by atoms with E-state index in [9.17, 15) is 9.59 Å². The molecule has 0 bridgehead atoms. The summed E-state index contributed by atoms with van der Waals surface area (Å²) in [6, 6.07) is 13.8. The normalized spacial score (nSPS) is 19.2. The predicted molar refractivity (Wildman–Crippen MR) is 136 cm³/mol. The van der Waals surface area contributed by atoms with Crippen molar-refractivity contribution in [3.63, 3.8) is 0 Å². The van der Waals surface area contributed by atoms with Crippen LogP contribution in [0.25, 0.3) is 10.2 Å². The number of aromatic nitrogens is 1. The molecule has 1 unspecified atom stereocenters. The molecule has 5 rings (SSSR count). The molecule has 0 aliphatic carbocycles. The monoisotopic (exact) mass is 478 g/mol. The van der Waals surface area contributed by atoms with E-state index in [0.29, 0.717) is 18.2 Å². The lowest BCUT2D eigenvalue weighted by Crippen LogP contribution is -2.45. The van der Waals surface area contributed by atoms with Crippen LogP contribution in [0.15, 0.2) is 42.5 Å². The number of benzene rings is 2. The average Bonchev–Trinajstić information content (AvgIpc) is 3.44. The molecule has 0 radical (unpaired) electrons. The molecule has 1 aromatic heterocycles. The van der Waals surface area contributed by atoms with E-state index in [1.807, 2.05) is 35.2 Å². The first-order chi connectivity index (χ1) is 16.5. The molecule has 2 amide bonds. The molecule has 178 valence electrons. The lowest BCUT2D eigenvalue weighted by Gasteiger charge is -2.30. The first-order valence-corrected chi connectivity index (χ1v) is 12.7. The third-order valence-corrected chi connectivity index (χ3v) is 7.82. The second kappa shape index (κ2) is 9.82. The molecule has 2 fully saturated rings. The highest BCUT2D eigenvalue weighted by Gasteiger charge is 2.38. The Hall–Kier alpha value is -2.81. The fourth-order valence-corrected chi connectivity index (χ4v) is 5.68. The van der Waals surface area contributed by atoms with Crippen LogP contribution in [-0.2, 0) is 14.3 Å². The van der Waals surface area contributed by atoms with Gasteiger partial charge in [-0.2, -0.15) is 0 Å². The van der Waals surface area contributed by atoms with Gasteiger partial charge in [0.05, 0.1) is 29.3 Å². The van der Waals surface area contributed by atoms with Gasteiger partial charge in [-0.25, -0.2) is 4.98 Å². The SMILES string of the molecule is Cc1cc2nc(N(CCN3CCOCC3)C(=O)C3CC(=O)N(c4ccccc4)C3)sc2cc1C. The van der Waals surface area contributed by atoms with Crippen molar-refractivity contribution in [3.8, 4) is 0 Å². The number of ether oxygens (including phenoxy) is 1. The number of hydrogen-bond donors (Lipinski definition) is 0. The Balaban J connectivity index is 1.40. The number of fused-ring (bicyclic) bond motifs is 1. The van der Waals surface area contributed by atoms with Crippen LogP contribution in [0.2, 0.25) is 0 Å². The average molecular weight is 479 g/mol. The van der Waals surface area contributed by atoms with Crippen molar-refractivity contribution in [2.24, 2.45) is 5.92 Å². The molecular weight excluding hydrogens is 448 g/mol. The van der Waals surface area contributed by atoms with Crippen LogP contribution >= 0.6 is 11.3 Å². The maximum absolute atomic E-state index is 13.8. The number of carbonyl (C=O) groups excluding carboxylic acids is 2. The van der Waals surface area contributed by atoms with E-state index in [4.69, 9.17) is 9.72 Å². The second-order valence-electron chi connectivity index (χ2n) is 9.09. The Bertz CT molecular complexity index is 1150. The number of para-hydroxylation sites is 1. The summed E-state index contributed by atoms with van der Waals surface area (Å²) in [6.45, 7) is 9.05. The Labute approximate surface area is 203 Å². The topological polar surface area (TPSA) is 66.0 Å². The number of carbonyl (C=O) groups is 2. The number of anilines is 2. The van der Waals surface area contributed by atoms with Gasteiger partial charge in [0.2, 0.25) is 11.8 Å². The molecule has 1 atom stereocenters. The lowest BCUT2D eigenvalue weighted by atomic mass is 10.1. The quantitative estimate of drug-likeness (QED) is 0.541. The lowest BCUT2D eigenvalue weighted by molar-refractivity contribution is -0.124. The van der Waals surface area contributed by atoms with Gasteiger partial charge in [0.25, 0.3) is 0 Å². The Morgan fingerprint density at radius 3 is 2.65 bits per heavy atom. The molecule has 0 spiro atoms. The highest BCUT2D eigenvalue weighted by Crippen LogP contribution is 2.33. The summed E-state index contributed by atoms with van der Waals surface area (Å²) < 4.78 is 6.55. The van der Waals surface area contributed by atoms with E-state index < -0.39 is 0 Å². The van der Waals surface area contributed by atoms with Gasteiger partial charge >= 0.3 is 0 Å². The van der Waals surface area contributed by atoms with Gasteiger partial charge in [0.15, 0.2) is 5.13 Å². The van der Waals surface area contributed by atoms with Crippen molar-refractivity contribution in [1.29, 1.82) is 0 Å². The van der Waals surface area contributed by atoms with Crippen molar-refractivity contribution in [3.05, 3.63) is 53.6 Å². The number of nitrogens with zero attached hydrogens (tertiary/aromatic N) is 4. The summed E-state index contributed by atoms with van der Waals surface area (Å²) in [5, 5.41) is 0.712. The van der Waals surface area contributed by atoms with Gasteiger partial charge in [-0.1, -0.05) is 29.5 Å². The Morgan fingerprint density at radius 2 is 1.88 bits per heavy atom. The van der Waals surface area contributed by atoms with E-state index in [-0.39, 0.29) is 24.2 Å². The molecule has 8 heteroatoms. The van der Waals surface area contributed by atoms with Crippen molar-refractivity contribution in [1.82, 2.24) is 9.88 Å². The molecule has 7 nitrogen and oxygen atoms in total. The van der Waals surface area contributed by atoms with E-state index >= 15 is 0 Å². The fraction of sp³-hybridized carbons (Fsp3) is 0.423. The van der Waals surface area contributed by atoms with Gasteiger partial charge in [-0.15, -0.1) is 0 Å². The number of amides is 2. The predicted octanol–water partition coefficient (Wildman–Crippen LogP) is 3.63. The largest absolute Gasteiger partial charge is 0.379 e. The van der Waals surface area contributed by atoms with Crippen LogP contribution in [0.1, 0.15) is 17.5 Å². The maximum atomic E-state index is 13.8. The standard InChI is InChI=1S/C26H30N4O3S/c1-18-14-22-23(15-19(18)2)34-26(27-22)29(9-8-28-10-12-33-13-11-28)25(32)20-16-24(31)30(17-20)21-6-4-3-5-7-21/h3-7,14-15,20H,8-13,16-17H2,1-2H3. The number of morpholine rings is 1. The van der Waals surface area contributed by atoms with Crippen molar-refractivity contribution < 1.29 is 14.3 Å². The molecule has 2 aliphatic heterocycles. The molecule has 0 saturated carbocycles. The van der Waals surface area contributed by atoms with E-state index in [0.717, 1.165) is 48.8 Å². The van der Waals surface area contributed by atoms with Crippen molar-refractivity contribution in [2.75, 3.05) is 55.7 Å². The fourth-order valence-electron chi connectivity index (χ4n) is 4.60. The summed E-state index contributed by atoms with van der Waals surface area (Å²) >= 11 is 1.55. The van der Waals surface area contributed by atoms with E-state index in [2.05, 4.69) is 30.9 Å². The third kappa shape index (κ3) is 4.71. The zero-order valence-electron chi connectivity index (χ0n) is 19.7. The van der Waals surface area contributed by atoms with E-state index in [1.54, 1.807) is 16.2 Å². The minimum atomic E-state index is -0.382. The zero-order chi connectivity index (χ0) is 23.7. The molecular formula is C26H30N4O3S. The smallest absolute Gasteiger partial charge is 0.234 e. The first kappa shape index (κ1) is 23.0. The van der Waals surface area contributed by atoms with Crippen LogP contribution < -0.4 is 9.80 Å². The second-order valence-corrected chi connectivity index (χ2v) is 10.1. The molecule has 2 aromatic carbocycles. The Morgan fingerprint density at radius 1 is 1.15 bits per heavy atom. The number of thiazole rings is 1. The molecule has 0 N–H and O–H groups in total. The van der Waals surface area contributed by atoms with Gasteiger partial charge in [-0.05, 0) is 49.2 Å². The highest BCUT2D eigenvalue weighted by atomic mass is 32.1. The van der Waals surface area contributed by atoms with Crippen LogP contribution in [0.4, 0.5) is 10.8 Å². The number of rotatable bonds is 6. The number of aryl methyl sites for hydroxylation is 2. The van der Waals surface area contributed by atoms with Crippen molar-refractivity contribution >= 4 is 44.2 Å². The minimum Gasteiger partial charge on any atom is -0.379 e. The van der Waals surface area contributed by atoms with Gasteiger partial charge in [-0.3, -0.25) is 19.4 Å². The minimum absolute atomic E-state index is 0.00627. The number of hydrogen-bond acceptors (Lipinski definition) is 6. The van der Waals surface area contributed by atoms with Gasteiger partial charge in [0.1, 0.15) is 0 Å². The van der Waals surface area contributed by atoms with E-state index in [1.165, 1.54) is 11.1 Å². The summed E-state index contributed by atoms with van der Waals surface area (Å²) in [6.07, 6.45) is 0.227. The van der Waals surface area contributed by atoms with Crippen LogP contribution in [0.5, 0.6) is 0 Å². The summed E-state index contributed by atoms with van der Waals surface area (Å²) in [5.74, 6) is -0.409. The summed E-state index contributed by atoms with van der Waals surface area (Å²) in [5.41, 5.74) is 4.17. The maximum Gasteiger partial charge on any atom is 0.234 e.